The van der Waals surface area contributed by atoms with Crippen LogP contribution in [0.15, 0.2) is 11.6 Å². The second-order valence-corrected chi connectivity index (χ2v) is 4.84. The minimum absolute atomic E-state index is 0.337. The van der Waals surface area contributed by atoms with Crippen LogP contribution in [0.2, 0.25) is 0 Å². The molecule has 0 radical (unpaired) electrons. The Kier molecular flexibility index (Phi) is 1.33. The largest absolute Gasteiger partial charge is 0.269 e. The van der Waals surface area contributed by atoms with Crippen LogP contribution in [0.4, 0.5) is 0 Å². The SMILES string of the molecule is CC1=CC2(C)CCC1(C)N2P. The summed E-state index contributed by atoms with van der Waals surface area (Å²) in [5, 5.41) is 0. The molecule has 2 heteroatoms. The second kappa shape index (κ2) is 1.89. The zero-order chi connectivity index (χ0) is 8.28. The van der Waals surface area contributed by atoms with Gasteiger partial charge in [-0.05, 0) is 33.6 Å². The molecule has 1 fully saturated rings. The summed E-state index contributed by atoms with van der Waals surface area (Å²) in [7, 11) is 2.88. The Hall–Kier alpha value is 0.130. The van der Waals surface area contributed by atoms with Crippen LogP contribution in [-0.2, 0) is 0 Å². The highest BCUT2D eigenvalue weighted by molar-refractivity contribution is 7.13. The molecular weight excluding hydrogens is 153 g/mol. The maximum atomic E-state index is 2.88. The maximum absolute atomic E-state index is 2.88. The van der Waals surface area contributed by atoms with Crippen LogP contribution in [0.25, 0.3) is 0 Å². The topological polar surface area (TPSA) is 3.24 Å². The molecule has 0 amide bonds. The number of rotatable bonds is 0. The zero-order valence-electron chi connectivity index (χ0n) is 7.52. The highest BCUT2D eigenvalue weighted by Gasteiger charge is 2.52. The molecule has 3 unspecified atom stereocenters. The fourth-order valence-electron chi connectivity index (χ4n) is 2.45. The van der Waals surface area contributed by atoms with Crippen molar-refractivity contribution in [1.29, 1.82) is 0 Å². The number of hydrogen-bond acceptors (Lipinski definition) is 1. The van der Waals surface area contributed by atoms with Gasteiger partial charge in [-0.15, -0.1) is 0 Å². The summed E-state index contributed by atoms with van der Waals surface area (Å²) in [6, 6.07) is 0. The highest BCUT2D eigenvalue weighted by atomic mass is 31.0. The van der Waals surface area contributed by atoms with Crippen LogP contribution in [0.1, 0.15) is 33.6 Å². The Morgan fingerprint density at radius 3 is 2.27 bits per heavy atom. The normalized spacial score (nSPS) is 50.0. The first-order valence-electron chi connectivity index (χ1n) is 4.24. The lowest BCUT2D eigenvalue weighted by atomic mass is 9.85. The van der Waals surface area contributed by atoms with E-state index in [2.05, 4.69) is 40.9 Å². The third-order valence-corrected chi connectivity index (χ3v) is 4.74. The monoisotopic (exact) mass is 169 g/mol. The molecule has 0 aromatic rings. The standard InChI is InChI=1S/C9H16NP/c1-7-6-8(2)4-5-9(7,3)10(8)11/h6H,4-5,11H2,1-3H3. The van der Waals surface area contributed by atoms with Crippen molar-refractivity contribution in [1.82, 2.24) is 4.67 Å². The average molecular weight is 169 g/mol. The zero-order valence-corrected chi connectivity index (χ0v) is 8.67. The Bertz CT molecular complexity index is 236. The van der Waals surface area contributed by atoms with Crippen molar-refractivity contribution in [2.24, 2.45) is 0 Å². The molecule has 1 saturated heterocycles. The number of hydrogen-bond donors (Lipinski definition) is 0. The summed E-state index contributed by atoms with van der Waals surface area (Å²) in [6.07, 6.45) is 5.04. The minimum Gasteiger partial charge on any atom is -0.269 e. The molecular formula is C9H16NP. The van der Waals surface area contributed by atoms with Crippen molar-refractivity contribution >= 4 is 9.39 Å². The molecule has 2 bridgehead atoms. The fourth-order valence-corrected chi connectivity index (χ4v) is 2.99. The number of nitrogens with zero attached hydrogens (tertiary/aromatic N) is 1. The molecule has 11 heavy (non-hydrogen) atoms. The van der Waals surface area contributed by atoms with E-state index in [0.29, 0.717) is 11.1 Å². The Morgan fingerprint density at radius 1 is 1.45 bits per heavy atom. The van der Waals surface area contributed by atoms with Gasteiger partial charge >= 0.3 is 0 Å². The van der Waals surface area contributed by atoms with Gasteiger partial charge in [0.15, 0.2) is 0 Å². The molecule has 2 aliphatic heterocycles. The van der Waals surface area contributed by atoms with Gasteiger partial charge in [-0.2, -0.15) is 0 Å². The summed E-state index contributed by atoms with van der Waals surface area (Å²) in [5.74, 6) is 0. The van der Waals surface area contributed by atoms with E-state index >= 15 is 0 Å². The van der Waals surface area contributed by atoms with E-state index in [1.165, 1.54) is 12.8 Å². The lowest BCUT2D eigenvalue weighted by molar-refractivity contribution is 0.281. The summed E-state index contributed by atoms with van der Waals surface area (Å²) in [5.41, 5.74) is 2.23. The molecule has 1 nitrogen and oxygen atoms in total. The summed E-state index contributed by atoms with van der Waals surface area (Å²) >= 11 is 0. The molecule has 2 heterocycles. The minimum atomic E-state index is 0.337. The first kappa shape index (κ1) is 7.76. The molecule has 2 rings (SSSR count). The van der Waals surface area contributed by atoms with Crippen molar-refractivity contribution < 1.29 is 0 Å². The predicted molar refractivity (Wildman–Crippen MR) is 51.4 cm³/mol. The van der Waals surface area contributed by atoms with Crippen molar-refractivity contribution in [2.75, 3.05) is 0 Å². The van der Waals surface area contributed by atoms with Crippen molar-refractivity contribution in [3.8, 4) is 0 Å². The molecule has 0 aliphatic carbocycles. The summed E-state index contributed by atoms with van der Waals surface area (Å²) in [4.78, 5) is 0. The van der Waals surface area contributed by atoms with Crippen LogP contribution in [0.5, 0.6) is 0 Å². The van der Waals surface area contributed by atoms with Gasteiger partial charge in [0.05, 0.1) is 0 Å². The second-order valence-electron chi connectivity index (χ2n) is 4.33. The molecule has 0 aromatic heterocycles. The van der Waals surface area contributed by atoms with Gasteiger partial charge in [-0.1, -0.05) is 21.0 Å². The highest BCUT2D eigenvalue weighted by Crippen LogP contribution is 2.53. The van der Waals surface area contributed by atoms with Gasteiger partial charge in [-0.3, -0.25) is 4.67 Å². The van der Waals surface area contributed by atoms with Crippen LogP contribution >= 0.6 is 9.39 Å². The average Bonchev–Trinajstić information content (AvgIpc) is 2.23. The van der Waals surface area contributed by atoms with E-state index in [-0.39, 0.29) is 0 Å². The van der Waals surface area contributed by atoms with E-state index in [9.17, 15) is 0 Å². The number of fused-ring (bicyclic) bond motifs is 2. The van der Waals surface area contributed by atoms with Crippen molar-refractivity contribution in [2.45, 2.75) is 44.7 Å². The predicted octanol–water partition coefficient (Wildman–Crippen LogP) is 2.35. The van der Waals surface area contributed by atoms with Gasteiger partial charge in [0.2, 0.25) is 0 Å². The van der Waals surface area contributed by atoms with E-state index in [0.717, 1.165) is 0 Å². The molecule has 62 valence electrons. The van der Waals surface area contributed by atoms with Gasteiger partial charge < -0.3 is 0 Å². The van der Waals surface area contributed by atoms with E-state index in [1.54, 1.807) is 5.57 Å². The lowest BCUT2D eigenvalue weighted by Gasteiger charge is -2.32. The van der Waals surface area contributed by atoms with Gasteiger partial charge in [-0.25, -0.2) is 0 Å². The molecule has 3 atom stereocenters. The van der Waals surface area contributed by atoms with E-state index in [4.69, 9.17) is 0 Å². The van der Waals surface area contributed by atoms with Crippen LogP contribution in [-0.4, -0.2) is 15.7 Å². The third-order valence-electron chi connectivity index (χ3n) is 3.58. The van der Waals surface area contributed by atoms with Gasteiger partial charge in [0.1, 0.15) is 0 Å². The van der Waals surface area contributed by atoms with Crippen LogP contribution in [0.3, 0.4) is 0 Å². The Morgan fingerprint density at radius 2 is 2.09 bits per heavy atom. The third kappa shape index (κ3) is 0.738. The maximum Gasteiger partial charge on any atom is 0.0431 e. The van der Waals surface area contributed by atoms with Crippen LogP contribution in [0, 0.1) is 0 Å². The Labute approximate surface area is 71.1 Å². The quantitative estimate of drug-likeness (QED) is 0.397. The van der Waals surface area contributed by atoms with Gasteiger partial charge in [0.25, 0.3) is 0 Å². The summed E-state index contributed by atoms with van der Waals surface area (Å²) in [6.45, 7) is 6.91. The molecule has 0 aromatic carbocycles. The smallest absolute Gasteiger partial charge is 0.0431 e. The van der Waals surface area contributed by atoms with Crippen molar-refractivity contribution in [3.05, 3.63) is 11.6 Å². The van der Waals surface area contributed by atoms with Crippen molar-refractivity contribution in [3.63, 3.8) is 0 Å². The summed E-state index contributed by atoms with van der Waals surface area (Å²) < 4.78 is 2.44. The molecule has 0 spiro atoms. The first-order valence-corrected chi connectivity index (χ1v) is 4.76. The molecule has 0 saturated carbocycles. The van der Waals surface area contributed by atoms with Gasteiger partial charge in [0, 0.05) is 11.1 Å². The fraction of sp³-hybridized carbons (Fsp3) is 0.778. The first-order chi connectivity index (χ1) is 4.99. The van der Waals surface area contributed by atoms with Crippen LogP contribution < -0.4 is 0 Å². The Balaban J connectivity index is 2.49. The molecule has 2 aliphatic rings. The van der Waals surface area contributed by atoms with E-state index in [1.807, 2.05) is 0 Å². The lowest BCUT2D eigenvalue weighted by Crippen LogP contribution is -2.37. The van der Waals surface area contributed by atoms with E-state index < -0.39 is 0 Å². The molecule has 0 N–H and O–H groups in total.